The lowest BCUT2D eigenvalue weighted by Gasteiger charge is -2.04. The maximum atomic E-state index is 11.3. The summed E-state index contributed by atoms with van der Waals surface area (Å²) >= 11 is 1.18. The van der Waals surface area contributed by atoms with Crippen LogP contribution in [-0.2, 0) is 9.53 Å². The van der Waals surface area contributed by atoms with E-state index < -0.39 is 0 Å². The molecule has 2 rings (SSSR count). The molecule has 106 valence electrons. The largest absolute Gasteiger partial charge is 0.468 e. The van der Waals surface area contributed by atoms with E-state index in [9.17, 15) is 4.79 Å². The fourth-order valence-electron chi connectivity index (χ4n) is 1.61. The number of aromatic nitrogens is 2. The molecule has 0 aliphatic carbocycles. The summed E-state index contributed by atoms with van der Waals surface area (Å²) in [4.78, 5) is 11.3. The zero-order valence-electron chi connectivity index (χ0n) is 11.8. The van der Waals surface area contributed by atoms with Gasteiger partial charge in [0.25, 0.3) is 5.22 Å². The van der Waals surface area contributed by atoms with E-state index in [0.717, 1.165) is 11.1 Å². The molecule has 1 heterocycles. The summed E-state index contributed by atoms with van der Waals surface area (Å²) < 4.78 is 10.2. The molecule has 0 spiro atoms. The second-order valence-corrected chi connectivity index (χ2v) is 5.75. The van der Waals surface area contributed by atoms with Gasteiger partial charge in [-0.05, 0) is 44.0 Å². The topological polar surface area (TPSA) is 65.2 Å². The summed E-state index contributed by atoms with van der Waals surface area (Å²) in [6.07, 6.45) is 0. The van der Waals surface area contributed by atoms with Gasteiger partial charge in [-0.15, -0.1) is 10.2 Å². The molecule has 0 N–H and O–H groups in total. The molecular formula is C14H16N2O3S. The van der Waals surface area contributed by atoms with Crippen molar-refractivity contribution in [3.8, 4) is 11.5 Å². The number of carbonyl (C=O) groups excluding carboxylic acids is 1. The Morgan fingerprint density at radius 2 is 2.05 bits per heavy atom. The average Bonchev–Trinajstić information content (AvgIpc) is 2.89. The third-order valence-corrected chi connectivity index (χ3v) is 3.88. The van der Waals surface area contributed by atoms with E-state index in [1.54, 1.807) is 6.92 Å². The van der Waals surface area contributed by atoms with Gasteiger partial charge < -0.3 is 9.15 Å². The van der Waals surface area contributed by atoms with Crippen LogP contribution in [0.25, 0.3) is 11.5 Å². The molecular weight excluding hydrogens is 276 g/mol. The summed E-state index contributed by atoms with van der Waals surface area (Å²) in [6.45, 7) is 5.81. The van der Waals surface area contributed by atoms with E-state index in [1.807, 2.05) is 32.0 Å². The molecule has 20 heavy (non-hydrogen) atoms. The van der Waals surface area contributed by atoms with Crippen LogP contribution in [0.1, 0.15) is 18.1 Å². The van der Waals surface area contributed by atoms with Gasteiger partial charge in [-0.2, -0.15) is 0 Å². The molecule has 0 saturated carbocycles. The molecule has 1 aromatic carbocycles. The molecule has 0 radical (unpaired) electrons. The lowest BCUT2D eigenvalue weighted by atomic mass is 10.1. The highest BCUT2D eigenvalue weighted by Crippen LogP contribution is 2.27. The van der Waals surface area contributed by atoms with E-state index in [2.05, 4.69) is 14.9 Å². The van der Waals surface area contributed by atoms with E-state index in [1.165, 1.54) is 24.4 Å². The number of methoxy groups -OCH3 is 1. The van der Waals surface area contributed by atoms with Gasteiger partial charge in [0.1, 0.15) is 5.25 Å². The van der Waals surface area contributed by atoms with Crippen molar-refractivity contribution in [3.63, 3.8) is 0 Å². The number of ether oxygens (including phenoxy) is 1. The van der Waals surface area contributed by atoms with Crippen LogP contribution in [0.3, 0.4) is 0 Å². The summed E-state index contributed by atoms with van der Waals surface area (Å²) in [5.41, 5.74) is 3.25. The lowest BCUT2D eigenvalue weighted by molar-refractivity contribution is -0.139. The monoisotopic (exact) mass is 292 g/mol. The second-order valence-electron chi connectivity index (χ2n) is 4.46. The van der Waals surface area contributed by atoms with Gasteiger partial charge in [-0.3, -0.25) is 4.79 Å². The molecule has 0 aliphatic heterocycles. The number of esters is 1. The summed E-state index contributed by atoms with van der Waals surface area (Å²) in [5.74, 6) is 0.133. The van der Waals surface area contributed by atoms with Crippen LogP contribution >= 0.6 is 11.8 Å². The molecule has 0 saturated heterocycles. The maximum absolute atomic E-state index is 11.3. The second kappa shape index (κ2) is 6.09. The summed E-state index contributed by atoms with van der Waals surface area (Å²) in [5, 5.41) is 7.92. The Bertz CT molecular complexity index is 625. The van der Waals surface area contributed by atoms with Crippen molar-refractivity contribution in [2.45, 2.75) is 31.2 Å². The maximum Gasteiger partial charge on any atom is 0.319 e. The minimum Gasteiger partial charge on any atom is -0.468 e. The highest BCUT2D eigenvalue weighted by atomic mass is 32.2. The normalized spacial score (nSPS) is 12.2. The predicted octanol–water partition coefficient (Wildman–Crippen LogP) is 3.01. The number of nitrogens with zero attached hydrogens (tertiary/aromatic N) is 2. The Morgan fingerprint density at radius 3 is 2.70 bits per heavy atom. The third kappa shape index (κ3) is 3.19. The smallest absolute Gasteiger partial charge is 0.319 e. The molecule has 1 unspecified atom stereocenters. The van der Waals surface area contributed by atoms with Crippen LogP contribution in [0.4, 0.5) is 0 Å². The van der Waals surface area contributed by atoms with Gasteiger partial charge in [0.05, 0.1) is 7.11 Å². The van der Waals surface area contributed by atoms with Crippen molar-refractivity contribution in [3.05, 3.63) is 29.3 Å². The molecule has 2 aromatic rings. The number of hydrogen-bond acceptors (Lipinski definition) is 6. The van der Waals surface area contributed by atoms with Gasteiger partial charge in [-0.1, -0.05) is 17.8 Å². The number of thioether (sulfide) groups is 1. The van der Waals surface area contributed by atoms with E-state index >= 15 is 0 Å². The van der Waals surface area contributed by atoms with Crippen molar-refractivity contribution in [1.29, 1.82) is 0 Å². The van der Waals surface area contributed by atoms with Crippen molar-refractivity contribution < 1.29 is 13.9 Å². The van der Waals surface area contributed by atoms with Gasteiger partial charge in [0, 0.05) is 5.56 Å². The third-order valence-electron chi connectivity index (χ3n) is 2.97. The minimum absolute atomic E-state index is 0.319. The number of hydrogen-bond donors (Lipinski definition) is 0. The first-order valence-electron chi connectivity index (χ1n) is 6.17. The van der Waals surface area contributed by atoms with Crippen LogP contribution in [0.5, 0.6) is 0 Å². The van der Waals surface area contributed by atoms with Crippen LogP contribution in [0.15, 0.2) is 27.8 Å². The SMILES string of the molecule is COC(=O)C(C)Sc1nnc(-c2ccc(C)c(C)c2)o1. The fourth-order valence-corrected chi connectivity index (χ4v) is 2.32. The first kappa shape index (κ1) is 14.6. The van der Waals surface area contributed by atoms with Crippen molar-refractivity contribution in [1.82, 2.24) is 10.2 Å². The first-order valence-corrected chi connectivity index (χ1v) is 7.05. The summed E-state index contributed by atoms with van der Waals surface area (Å²) in [6, 6.07) is 5.95. The van der Waals surface area contributed by atoms with Gasteiger partial charge in [0.15, 0.2) is 0 Å². The molecule has 0 amide bonds. The first-order chi connectivity index (χ1) is 9.51. The average molecular weight is 292 g/mol. The zero-order valence-corrected chi connectivity index (χ0v) is 12.7. The lowest BCUT2D eigenvalue weighted by Crippen LogP contribution is -2.14. The number of aryl methyl sites for hydroxylation is 2. The number of benzene rings is 1. The molecule has 5 nitrogen and oxygen atoms in total. The van der Waals surface area contributed by atoms with Crippen LogP contribution in [-0.4, -0.2) is 28.5 Å². The standard InChI is InChI=1S/C14H16N2O3S/c1-8-5-6-11(7-9(8)2)12-15-16-14(19-12)20-10(3)13(17)18-4/h5-7,10H,1-4H3. The van der Waals surface area contributed by atoms with Crippen LogP contribution < -0.4 is 0 Å². The van der Waals surface area contributed by atoms with Gasteiger partial charge in [-0.25, -0.2) is 0 Å². The number of carbonyl (C=O) groups is 1. The Labute approximate surface area is 121 Å². The Balaban J connectivity index is 2.16. The predicted molar refractivity (Wildman–Crippen MR) is 76.5 cm³/mol. The number of rotatable bonds is 4. The van der Waals surface area contributed by atoms with Crippen LogP contribution in [0, 0.1) is 13.8 Å². The molecule has 1 aromatic heterocycles. The Hall–Kier alpha value is -1.82. The fraction of sp³-hybridized carbons (Fsp3) is 0.357. The molecule has 0 bridgehead atoms. The van der Waals surface area contributed by atoms with Crippen molar-refractivity contribution >= 4 is 17.7 Å². The Morgan fingerprint density at radius 1 is 1.30 bits per heavy atom. The molecule has 0 fully saturated rings. The quantitative estimate of drug-likeness (QED) is 0.637. The molecule has 1 atom stereocenters. The highest BCUT2D eigenvalue weighted by molar-refractivity contribution is 8.00. The zero-order chi connectivity index (χ0) is 14.7. The van der Waals surface area contributed by atoms with Gasteiger partial charge >= 0.3 is 5.97 Å². The molecule has 0 aliphatic rings. The van der Waals surface area contributed by atoms with Crippen LogP contribution in [0.2, 0.25) is 0 Å². The van der Waals surface area contributed by atoms with E-state index in [4.69, 9.17) is 4.42 Å². The van der Waals surface area contributed by atoms with Crippen molar-refractivity contribution in [2.24, 2.45) is 0 Å². The van der Waals surface area contributed by atoms with E-state index in [0.29, 0.717) is 11.1 Å². The van der Waals surface area contributed by atoms with Crippen molar-refractivity contribution in [2.75, 3.05) is 7.11 Å². The molecule has 6 heteroatoms. The minimum atomic E-state index is -0.381. The summed E-state index contributed by atoms with van der Waals surface area (Å²) in [7, 11) is 1.35. The highest BCUT2D eigenvalue weighted by Gasteiger charge is 2.19. The Kier molecular flexibility index (Phi) is 4.44. The van der Waals surface area contributed by atoms with E-state index in [-0.39, 0.29) is 11.2 Å². The van der Waals surface area contributed by atoms with Gasteiger partial charge in [0.2, 0.25) is 5.89 Å².